The van der Waals surface area contributed by atoms with Gasteiger partial charge in [0.2, 0.25) is 0 Å². The van der Waals surface area contributed by atoms with E-state index in [-0.39, 0.29) is 12.2 Å². The molecule has 5 heteroatoms. The van der Waals surface area contributed by atoms with E-state index in [4.69, 9.17) is 4.52 Å². The van der Waals surface area contributed by atoms with Gasteiger partial charge in [-0.25, -0.2) is 0 Å². The third-order valence-corrected chi connectivity index (χ3v) is 4.12. The molecule has 0 saturated carbocycles. The van der Waals surface area contributed by atoms with Crippen molar-refractivity contribution in [2.45, 2.75) is 18.9 Å². The van der Waals surface area contributed by atoms with Gasteiger partial charge < -0.3 is 4.89 Å². The van der Waals surface area contributed by atoms with Crippen LogP contribution in [0.4, 0.5) is 0 Å². The molecule has 2 aromatic carbocycles. The lowest BCUT2D eigenvalue weighted by Gasteiger charge is -2.32. The van der Waals surface area contributed by atoms with Crippen molar-refractivity contribution in [3.05, 3.63) is 71.8 Å². The minimum atomic E-state index is -3.86. The van der Waals surface area contributed by atoms with Gasteiger partial charge in [-0.15, -0.1) is 0 Å². The van der Waals surface area contributed by atoms with Crippen LogP contribution in [0.3, 0.4) is 0 Å². The molecule has 0 aromatic heterocycles. The summed E-state index contributed by atoms with van der Waals surface area (Å²) >= 11 is 0. The highest BCUT2D eigenvalue weighted by molar-refractivity contribution is 7.52. The molecule has 0 bridgehead atoms. The van der Waals surface area contributed by atoms with Crippen molar-refractivity contribution in [1.82, 2.24) is 0 Å². The predicted molar refractivity (Wildman–Crippen MR) is 86.0 cm³/mol. The molecule has 2 aromatic rings. The highest BCUT2D eigenvalue weighted by atomic mass is 31.2. The Labute approximate surface area is 130 Å². The largest absolute Gasteiger partial charge is 0.326 e. The van der Waals surface area contributed by atoms with Crippen LogP contribution in [-0.2, 0) is 14.7 Å². The zero-order valence-electron chi connectivity index (χ0n) is 12.6. The fourth-order valence-electron chi connectivity index (χ4n) is 2.47. The molecule has 116 valence electrons. The summed E-state index contributed by atoms with van der Waals surface area (Å²) in [5.74, 6) is -0.321. The molecule has 4 nitrogen and oxygen atoms in total. The van der Waals surface area contributed by atoms with E-state index < -0.39 is 13.2 Å². The van der Waals surface area contributed by atoms with Crippen molar-refractivity contribution in [2.75, 3.05) is 6.66 Å². The summed E-state index contributed by atoms with van der Waals surface area (Å²) < 4.78 is 17.3. The van der Waals surface area contributed by atoms with Crippen molar-refractivity contribution in [3.63, 3.8) is 0 Å². The third kappa shape index (κ3) is 3.53. The van der Waals surface area contributed by atoms with E-state index in [0.717, 1.165) is 6.66 Å². The number of hydrogen-bond acceptors (Lipinski definition) is 3. The molecule has 22 heavy (non-hydrogen) atoms. The molecule has 1 N–H and O–H groups in total. The second-order valence-electron chi connectivity index (χ2n) is 5.14. The number of hydrogen-bond donors (Lipinski definition) is 1. The van der Waals surface area contributed by atoms with Gasteiger partial charge in [-0.2, -0.15) is 0 Å². The number of ketones is 1. The van der Waals surface area contributed by atoms with Crippen LogP contribution in [-0.4, -0.2) is 17.3 Å². The van der Waals surface area contributed by atoms with Gasteiger partial charge in [0.25, 0.3) is 0 Å². The minimum absolute atomic E-state index is 0.253. The Kier molecular flexibility index (Phi) is 4.97. The number of carbonyl (C=O) groups is 1. The summed E-state index contributed by atoms with van der Waals surface area (Å²) in [5, 5.41) is 0. The number of rotatable bonds is 6. The Balaban J connectivity index is 2.59. The topological polar surface area (TPSA) is 63.6 Å². The maximum absolute atomic E-state index is 13.0. The summed E-state index contributed by atoms with van der Waals surface area (Å²) in [5.41, 5.74) is -0.453. The first-order chi connectivity index (χ1) is 10.4. The normalized spacial score (nSPS) is 16.5. The van der Waals surface area contributed by atoms with Crippen molar-refractivity contribution < 1.29 is 18.8 Å². The molecule has 2 unspecified atom stereocenters. The molecule has 2 atom stereocenters. The highest BCUT2D eigenvalue weighted by Gasteiger charge is 2.44. The lowest BCUT2D eigenvalue weighted by molar-refractivity contribution is 0.0364. The van der Waals surface area contributed by atoms with Crippen LogP contribution >= 0.6 is 7.60 Å². The van der Waals surface area contributed by atoms with E-state index in [1.165, 1.54) is 0 Å². The molecule has 0 radical (unpaired) electrons. The standard InChI is InChI=1S/C17H19O4P/c1-3-17(21-22(2,19)20,15-12-8-5-9-13-15)16(18)14-10-6-4-7-11-14/h4-13H,3H2,1-2H3,(H,19,20). The van der Waals surface area contributed by atoms with Crippen molar-refractivity contribution >= 4 is 13.4 Å². The summed E-state index contributed by atoms with van der Waals surface area (Å²) in [6, 6.07) is 17.5. The zero-order valence-corrected chi connectivity index (χ0v) is 13.5. The summed E-state index contributed by atoms with van der Waals surface area (Å²) in [7, 11) is -3.86. The molecule has 0 aliphatic carbocycles. The monoisotopic (exact) mass is 318 g/mol. The van der Waals surface area contributed by atoms with Gasteiger partial charge in [-0.05, 0) is 12.0 Å². The number of Topliss-reactive ketones (excluding diaryl/α,β-unsaturated/α-hetero) is 1. The van der Waals surface area contributed by atoms with Gasteiger partial charge in [-0.1, -0.05) is 67.6 Å². The molecular formula is C17H19O4P. The van der Waals surface area contributed by atoms with E-state index in [2.05, 4.69) is 0 Å². The van der Waals surface area contributed by atoms with Crippen LogP contribution in [0.1, 0.15) is 29.3 Å². The second kappa shape index (κ2) is 6.57. The first-order valence-corrected chi connectivity index (χ1v) is 9.08. The van der Waals surface area contributed by atoms with Crippen molar-refractivity contribution in [2.24, 2.45) is 0 Å². The Morgan fingerprint density at radius 3 is 2.05 bits per heavy atom. The molecule has 0 aliphatic heterocycles. The quantitative estimate of drug-likeness (QED) is 0.646. The molecule has 0 saturated heterocycles. The molecule has 0 aliphatic rings. The van der Waals surface area contributed by atoms with E-state index in [9.17, 15) is 14.3 Å². The van der Waals surface area contributed by atoms with Crippen LogP contribution in [0.15, 0.2) is 60.7 Å². The number of carbonyl (C=O) groups excluding carboxylic acids is 1. The van der Waals surface area contributed by atoms with Crippen molar-refractivity contribution in [1.29, 1.82) is 0 Å². The number of benzene rings is 2. The maximum Gasteiger partial charge on any atom is 0.326 e. The fraction of sp³-hybridized carbons (Fsp3) is 0.235. The Morgan fingerprint density at radius 2 is 1.59 bits per heavy atom. The van der Waals surface area contributed by atoms with Crippen LogP contribution < -0.4 is 0 Å². The summed E-state index contributed by atoms with van der Waals surface area (Å²) in [6.45, 7) is 2.86. The van der Waals surface area contributed by atoms with Crippen LogP contribution in [0.25, 0.3) is 0 Å². The van der Waals surface area contributed by atoms with Crippen LogP contribution in [0, 0.1) is 0 Å². The zero-order chi connectivity index (χ0) is 16.2. The first-order valence-electron chi connectivity index (χ1n) is 7.05. The van der Waals surface area contributed by atoms with Gasteiger partial charge in [0, 0.05) is 12.2 Å². The maximum atomic E-state index is 13.0. The highest BCUT2D eigenvalue weighted by Crippen LogP contribution is 2.48. The van der Waals surface area contributed by atoms with E-state index in [1.54, 1.807) is 55.5 Å². The SMILES string of the molecule is CCC(OP(C)(=O)O)(C(=O)c1ccccc1)c1ccccc1. The van der Waals surface area contributed by atoms with Gasteiger partial charge in [0.05, 0.1) is 0 Å². The average Bonchev–Trinajstić information content (AvgIpc) is 2.53. The second-order valence-corrected chi connectivity index (χ2v) is 6.92. The molecular weight excluding hydrogens is 299 g/mol. The van der Waals surface area contributed by atoms with Crippen LogP contribution in [0.5, 0.6) is 0 Å². The van der Waals surface area contributed by atoms with Gasteiger partial charge >= 0.3 is 7.60 Å². The fourth-order valence-corrected chi connectivity index (χ4v) is 3.37. The molecule has 2 rings (SSSR count). The Hall–Kier alpha value is -1.74. The Morgan fingerprint density at radius 1 is 1.09 bits per heavy atom. The van der Waals surface area contributed by atoms with Gasteiger partial charge in [-0.3, -0.25) is 13.9 Å². The average molecular weight is 318 g/mol. The van der Waals surface area contributed by atoms with Crippen molar-refractivity contribution in [3.8, 4) is 0 Å². The summed E-state index contributed by atoms with van der Waals surface area (Å²) in [6.07, 6.45) is 0.253. The van der Waals surface area contributed by atoms with Gasteiger partial charge in [0.15, 0.2) is 11.4 Å². The van der Waals surface area contributed by atoms with Gasteiger partial charge in [0.1, 0.15) is 0 Å². The van der Waals surface area contributed by atoms with Crippen LogP contribution in [0.2, 0.25) is 0 Å². The Bertz CT molecular complexity index is 678. The predicted octanol–water partition coefficient (Wildman–Crippen LogP) is 4.01. The molecule has 0 heterocycles. The molecule has 0 spiro atoms. The third-order valence-electron chi connectivity index (χ3n) is 3.47. The van der Waals surface area contributed by atoms with E-state index in [0.29, 0.717) is 11.1 Å². The molecule has 0 amide bonds. The minimum Gasteiger partial charge on any atom is -0.324 e. The first kappa shape index (κ1) is 16.6. The lowest BCUT2D eigenvalue weighted by Crippen LogP contribution is -2.37. The van der Waals surface area contributed by atoms with E-state index >= 15 is 0 Å². The smallest absolute Gasteiger partial charge is 0.324 e. The summed E-state index contributed by atoms with van der Waals surface area (Å²) in [4.78, 5) is 22.7. The van der Waals surface area contributed by atoms with E-state index in [1.807, 2.05) is 12.1 Å². The molecule has 0 fully saturated rings. The lowest BCUT2D eigenvalue weighted by atomic mass is 9.84.